The third-order valence-corrected chi connectivity index (χ3v) is 2.36. The molecule has 6 heteroatoms. The Balaban J connectivity index is 2.06. The van der Waals surface area contributed by atoms with Crippen molar-refractivity contribution in [1.82, 2.24) is 4.98 Å². The van der Waals surface area contributed by atoms with E-state index in [-0.39, 0.29) is 23.6 Å². The molecular formula is C13H9F2NO3. The Labute approximate surface area is 107 Å². The summed E-state index contributed by atoms with van der Waals surface area (Å²) in [6.07, 6.45) is 1.21. The van der Waals surface area contributed by atoms with E-state index in [0.29, 0.717) is 0 Å². The first-order chi connectivity index (χ1) is 9.06. The van der Waals surface area contributed by atoms with Gasteiger partial charge in [0, 0.05) is 5.56 Å². The molecule has 0 saturated heterocycles. The van der Waals surface area contributed by atoms with Gasteiger partial charge in [0.2, 0.25) is 0 Å². The lowest BCUT2D eigenvalue weighted by Crippen LogP contribution is -2.02. The van der Waals surface area contributed by atoms with Crippen molar-refractivity contribution in [2.45, 2.75) is 6.61 Å². The van der Waals surface area contributed by atoms with Crippen LogP contribution in [0.4, 0.5) is 8.78 Å². The van der Waals surface area contributed by atoms with E-state index in [1.54, 1.807) is 0 Å². The maximum Gasteiger partial charge on any atom is 0.354 e. The lowest BCUT2D eigenvalue weighted by molar-refractivity contribution is 0.0690. The first-order valence-electron chi connectivity index (χ1n) is 5.32. The van der Waals surface area contributed by atoms with Crippen LogP contribution in [0.15, 0.2) is 36.5 Å². The van der Waals surface area contributed by atoms with Crippen LogP contribution < -0.4 is 4.74 Å². The number of hydrogen-bond donors (Lipinski definition) is 1. The smallest absolute Gasteiger partial charge is 0.354 e. The van der Waals surface area contributed by atoms with Gasteiger partial charge in [-0.3, -0.25) is 0 Å². The lowest BCUT2D eigenvalue weighted by atomic mass is 10.2. The van der Waals surface area contributed by atoms with Gasteiger partial charge in [0.1, 0.15) is 29.7 Å². The number of aromatic nitrogens is 1. The van der Waals surface area contributed by atoms with E-state index in [1.807, 2.05) is 0 Å². The summed E-state index contributed by atoms with van der Waals surface area (Å²) in [4.78, 5) is 14.2. The predicted octanol–water partition coefficient (Wildman–Crippen LogP) is 2.64. The number of benzene rings is 1. The summed E-state index contributed by atoms with van der Waals surface area (Å²) >= 11 is 0. The molecule has 4 nitrogen and oxygen atoms in total. The minimum absolute atomic E-state index is 0.0716. The summed E-state index contributed by atoms with van der Waals surface area (Å²) in [6, 6.07) is 5.73. The van der Waals surface area contributed by atoms with Crippen LogP contribution in [0, 0.1) is 11.6 Å². The van der Waals surface area contributed by atoms with E-state index >= 15 is 0 Å². The van der Waals surface area contributed by atoms with Gasteiger partial charge in [-0.2, -0.15) is 0 Å². The van der Waals surface area contributed by atoms with Crippen LogP contribution in [0.1, 0.15) is 16.1 Å². The molecule has 0 aliphatic heterocycles. The van der Waals surface area contributed by atoms with Gasteiger partial charge >= 0.3 is 5.97 Å². The Hall–Kier alpha value is -2.50. The third-order valence-electron chi connectivity index (χ3n) is 2.36. The van der Waals surface area contributed by atoms with Crippen molar-refractivity contribution in [2.75, 3.05) is 0 Å². The van der Waals surface area contributed by atoms with Gasteiger partial charge < -0.3 is 9.84 Å². The van der Waals surface area contributed by atoms with Crippen molar-refractivity contribution in [3.8, 4) is 5.75 Å². The van der Waals surface area contributed by atoms with E-state index in [0.717, 1.165) is 18.2 Å². The monoisotopic (exact) mass is 265 g/mol. The van der Waals surface area contributed by atoms with Gasteiger partial charge in [0.15, 0.2) is 0 Å². The van der Waals surface area contributed by atoms with Crippen LogP contribution in [0.25, 0.3) is 0 Å². The second-order valence-electron chi connectivity index (χ2n) is 3.71. The summed E-state index contributed by atoms with van der Waals surface area (Å²) in [5.74, 6) is -2.01. The van der Waals surface area contributed by atoms with E-state index in [2.05, 4.69) is 4.98 Å². The fraction of sp³-hybridized carbons (Fsp3) is 0.0769. The fourth-order valence-corrected chi connectivity index (χ4v) is 1.41. The van der Waals surface area contributed by atoms with Crippen LogP contribution in [-0.4, -0.2) is 16.1 Å². The number of ether oxygens (including phenoxy) is 1. The van der Waals surface area contributed by atoms with E-state index in [9.17, 15) is 13.6 Å². The SMILES string of the molecule is O=C(O)c1ccc(OCc2cc(F)ccc2F)cn1. The quantitative estimate of drug-likeness (QED) is 0.923. The number of pyridine rings is 1. The number of rotatable bonds is 4. The third kappa shape index (κ3) is 3.25. The van der Waals surface area contributed by atoms with Gasteiger partial charge in [-0.05, 0) is 30.3 Å². The number of carboxylic acids is 1. The Kier molecular flexibility index (Phi) is 3.70. The number of halogens is 2. The first-order valence-corrected chi connectivity index (χ1v) is 5.32. The average Bonchev–Trinajstić information content (AvgIpc) is 2.40. The molecule has 1 heterocycles. The first kappa shape index (κ1) is 12.9. The summed E-state index contributed by atoms with van der Waals surface area (Å²) in [6.45, 7) is -0.169. The van der Waals surface area contributed by atoms with Crippen molar-refractivity contribution in [2.24, 2.45) is 0 Å². The maximum absolute atomic E-state index is 13.3. The van der Waals surface area contributed by atoms with E-state index < -0.39 is 17.6 Å². The maximum atomic E-state index is 13.3. The number of carboxylic acid groups (broad SMARTS) is 1. The van der Waals surface area contributed by atoms with Gasteiger partial charge in [-0.15, -0.1) is 0 Å². The Morgan fingerprint density at radius 2 is 2.05 bits per heavy atom. The zero-order valence-electron chi connectivity index (χ0n) is 9.64. The predicted molar refractivity (Wildman–Crippen MR) is 61.9 cm³/mol. The zero-order valence-corrected chi connectivity index (χ0v) is 9.64. The van der Waals surface area contributed by atoms with Gasteiger partial charge in [-0.1, -0.05) is 0 Å². The van der Waals surface area contributed by atoms with Crippen LogP contribution in [0.5, 0.6) is 5.75 Å². The van der Waals surface area contributed by atoms with Crippen molar-refractivity contribution in [1.29, 1.82) is 0 Å². The molecule has 2 rings (SSSR count). The molecule has 98 valence electrons. The topological polar surface area (TPSA) is 59.4 Å². The van der Waals surface area contributed by atoms with Crippen LogP contribution >= 0.6 is 0 Å². The minimum Gasteiger partial charge on any atom is -0.487 e. The number of carbonyl (C=O) groups is 1. The highest BCUT2D eigenvalue weighted by atomic mass is 19.1. The van der Waals surface area contributed by atoms with Gasteiger partial charge in [0.05, 0.1) is 6.20 Å². The normalized spacial score (nSPS) is 10.2. The van der Waals surface area contributed by atoms with Crippen LogP contribution in [-0.2, 0) is 6.61 Å². The Bertz CT molecular complexity index is 599. The molecule has 2 aromatic rings. The molecular weight excluding hydrogens is 256 g/mol. The van der Waals surface area contributed by atoms with Crippen molar-refractivity contribution in [3.63, 3.8) is 0 Å². The number of nitrogens with zero attached hydrogens (tertiary/aromatic N) is 1. The van der Waals surface area contributed by atoms with Crippen molar-refractivity contribution in [3.05, 3.63) is 59.4 Å². The molecule has 0 bridgehead atoms. The molecule has 0 atom stereocenters. The number of aromatic carboxylic acids is 1. The molecule has 1 aromatic carbocycles. The van der Waals surface area contributed by atoms with Crippen molar-refractivity contribution >= 4 is 5.97 Å². The summed E-state index contributed by atoms with van der Waals surface area (Å²) in [5, 5.41) is 8.66. The summed E-state index contributed by atoms with van der Waals surface area (Å²) < 4.78 is 31.4. The zero-order chi connectivity index (χ0) is 13.8. The van der Waals surface area contributed by atoms with Crippen LogP contribution in [0.3, 0.4) is 0 Å². The molecule has 0 aliphatic rings. The molecule has 19 heavy (non-hydrogen) atoms. The summed E-state index contributed by atoms with van der Waals surface area (Å²) in [7, 11) is 0. The molecule has 0 spiro atoms. The Morgan fingerprint density at radius 1 is 1.26 bits per heavy atom. The summed E-state index contributed by atoms with van der Waals surface area (Å²) in [5.41, 5.74) is -0.0494. The second kappa shape index (κ2) is 5.43. The highest BCUT2D eigenvalue weighted by Gasteiger charge is 2.07. The van der Waals surface area contributed by atoms with Gasteiger partial charge in [0.25, 0.3) is 0 Å². The molecule has 1 N–H and O–H groups in total. The highest BCUT2D eigenvalue weighted by molar-refractivity contribution is 5.85. The Morgan fingerprint density at radius 3 is 2.68 bits per heavy atom. The van der Waals surface area contributed by atoms with Crippen LogP contribution in [0.2, 0.25) is 0 Å². The van der Waals surface area contributed by atoms with E-state index in [1.165, 1.54) is 18.3 Å². The number of hydrogen-bond acceptors (Lipinski definition) is 3. The van der Waals surface area contributed by atoms with Gasteiger partial charge in [-0.25, -0.2) is 18.6 Å². The molecule has 0 radical (unpaired) electrons. The molecule has 0 aliphatic carbocycles. The second-order valence-corrected chi connectivity index (χ2v) is 3.71. The molecule has 1 aromatic heterocycles. The largest absolute Gasteiger partial charge is 0.487 e. The minimum atomic E-state index is -1.15. The average molecular weight is 265 g/mol. The highest BCUT2D eigenvalue weighted by Crippen LogP contribution is 2.15. The lowest BCUT2D eigenvalue weighted by Gasteiger charge is -2.07. The van der Waals surface area contributed by atoms with Crippen molar-refractivity contribution < 1.29 is 23.4 Å². The molecule has 0 fully saturated rings. The van der Waals surface area contributed by atoms with E-state index in [4.69, 9.17) is 9.84 Å². The standard InChI is InChI=1S/C13H9F2NO3/c14-9-1-3-11(15)8(5-9)7-19-10-2-4-12(13(17)18)16-6-10/h1-6H,7H2,(H,17,18). The fourth-order valence-electron chi connectivity index (χ4n) is 1.41. The molecule has 0 unspecified atom stereocenters. The molecule has 0 saturated carbocycles. The molecule has 0 amide bonds.